The smallest absolute Gasteiger partial charge is 0.264 e. The highest BCUT2D eigenvalue weighted by atomic mass is 32.1. The number of likely N-dealkylation sites (tertiary alicyclic amines) is 1. The fourth-order valence-electron chi connectivity index (χ4n) is 1.42. The molecule has 1 aliphatic rings. The molecule has 2 heterocycles. The summed E-state index contributed by atoms with van der Waals surface area (Å²) < 4.78 is 0. The maximum atomic E-state index is 11.7. The van der Waals surface area contributed by atoms with Gasteiger partial charge in [-0.05, 0) is 19.1 Å². The van der Waals surface area contributed by atoms with Gasteiger partial charge in [0.15, 0.2) is 5.78 Å². The first-order valence-electron chi connectivity index (χ1n) is 4.66. The van der Waals surface area contributed by atoms with Crippen LogP contribution in [0.4, 0.5) is 0 Å². The van der Waals surface area contributed by atoms with Crippen LogP contribution in [-0.4, -0.2) is 40.9 Å². The molecule has 1 aliphatic heterocycles. The van der Waals surface area contributed by atoms with Crippen molar-refractivity contribution in [1.82, 2.24) is 4.90 Å². The molecule has 0 saturated carbocycles. The molecule has 1 aromatic rings. The van der Waals surface area contributed by atoms with Crippen molar-refractivity contribution in [2.24, 2.45) is 0 Å². The number of aliphatic hydroxyl groups excluding tert-OH is 1. The molecule has 2 rings (SSSR count). The van der Waals surface area contributed by atoms with Gasteiger partial charge in [0.05, 0.1) is 15.9 Å². The SMILES string of the molecule is CC(=O)c1ccc(C(=O)N2CC(O)C2)s1. The molecule has 15 heavy (non-hydrogen) atoms. The van der Waals surface area contributed by atoms with Crippen molar-refractivity contribution in [2.75, 3.05) is 13.1 Å². The fourth-order valence-corrected chi connectivity index (χ4v) is 2.29. The third kappa shape index (κ3) is 1.93. The highest BCUT2D eigenvalue weighted by molar-refractivity contribution is 7.15. The Balaban J connectivity index is 2.09. The van der Waals surface area contributed by atoms with E-state index < -0.39 is 0 Å². The van der Waals surface area contributed by atoms with Gasteiger partial charge in [0.25, 0.3) is 5.91 Å². The van der Waals surface area contributed by atoms with Crippen LogP contribution in [0.5, 0.6) is 0 Å². The second kappa shape index (κ2) is 3.75. The highest BCUT2D eigenvalue weighted by Gasteiger charge is 2.30. The van der Waals surface area contributed by atoms with Crippen molar-refractivity contribution < 1.29 is 14.7 Å². The predicted molar refractivity (Wildman–Crippen MR) is 56.2 cm³/mol. The van der Waals surface area contributed by atoms with E-state index in [9.17, 15) is 9.59 Å². The molecule has 0 bridgehead atoms. The van der Waals surface area contributed by atoms with E-state index in [0.717, 1.165) is 0 Å². The number of hydrogen-bond acceptors (Lipinski definition) is 4. The molecule has 1 saturated heterocycles. The quantitative estimate of drug-likeness (QED) is 0.756. The number of β-amino-alcohol motifs (C(OH)–C–C–N with tert-alkyl or cyclic N) is 1. The summed E-state index contributed by atoms with van der Waals surface area (Å²) in [6.07, 6.45) is -0.388. The van der Waals surface area contributed by atoms with Crippen molar-refractivity contribution in [3.63, 3.8) is 0 Å². The van der Waals surface area contributed by atoms with Gasteiger partial charge in [-0.15, -0.1) is 11.3 Å². The van der Waals surface area contributed by atoms with Gasteiger partial charge in [-0.3, -0.25) is 9.59 Å². The number of amides is 1. The Morgan fingerprint density at radius 3 is 2.47 bits per heavy atom. The molecule has 0 aliphatic carbocycles. The monoisotopic (exact) mass is 225 g/mol. The summed E-state index contributed by atoms with van der Waals surface area (Å²) in [5.41, 5.74) is 0. The van der Waals surface area contributed by atoms with Gasteiger partial charge in [-0.2, -0.15) is 0 Å². The number of thiophene rings is 1. The second-order valence-electron chi connectivity index (χ2n) is 3.58. The van der Waals surface area contributed by atoms with Crippen molar-refractivity contribution in [2.45, 2.75) is 13.0 Å². The van der Waals surface area contributed by atoms with Gasteiger partial charge in [0.2, 0.25) is 0 Å². The molecule has 1 aromatic heterocycles. The van der Waals surface area contributed by atoms with Crippen molar-refractivity contribution in [3.8, 4) is 0 Å². The van der Waals surface area contributed by atoms with Gasteiger partial charge < -0.3 is 10.0 Å². The minimum Gasteiger partial charge on any atom is -0.389 e. The van der Waals surface area contributed by atoms with Crippen LogP contribution in [0.1, 0.15) is 26.3 Å². The maximum absolute atomic E-state index is 11.7. The zero-order chi connectivity index (χ0) is 11.0. The molecular formula is C10H11NO3S. The molecule has 0 aromatic carbocycles. The minimum absolute atomic E-state index is 0.0253. The van der Waals surface area contributed by atoms with E-state index in [0.29, 0.717) is 22.8 Å². The van der Waals surface area contributed by atoms with Crippen molar-refractivity contribution in [3.05, 3.63) is 21.9 Å². The normalized spacial score (nSPS) is 16.3. The third-order valence-corrected chi connectivity index (χ3v) is 3.49. The number of carbonyl (C=O) groups excluding carboxylic acids is 2. The number of rotatable bonds is 2. The topological polar surface area (TPSA) is 57.6 Å². The summed E-state index contributed by atoms with van der Waals surface area (Å²) in [6, 6.07) is 3.32. The largest absolute Gasteiger partial charge is 0.389 e. The highest BCUT2D eigenvalue weighted by Crippen LogP contribution is 2.21. The summed E-state index contributed by atoms with van der Waals surface area (Å²) in [6.45, 7) is 2.27. The average molecular weight is 225 g/mol. The lowest BCUT2D eigenvalue weighted by Gasteiger charge is -2.35. The number of nitrogens with zero attached hydrogens (tertiary/aromatic N) is 1. The first-order valence-corrected chi connectivity index (χ1v) is 5.47. The third-order valence-electron chi connectivity index (χ3n) is 2.31. The van der Waals surface area contributed by atoms with Crippen LogP contribution in [0.2, 0.25) is 0 Å². The lowest BCUT2D eigenvalue weighted by molar-refractivity contribution is 0.00623. The van der Waals surface area contributed by atoms with Crippen LogP contribution >= 0.6 is 11.3 Å². The van der Waals surface area contributed by atoms with Gasteiger partial charge in [-0.25, -0.2) is 0 Å². The first-order chi connectivity index (χ1) is 7.08. The maximum Gasteiger partial charge on any atom is 0.264 e. The zero-order valence-electron chi connectivity index (χ0n) is 8.27. The van der Waals surface area contributed by atoms with Crippen LogP contribution in [0.25, 0.3) is 0 Å². The molecule has 0 spiro atoms. The predicted octanol–water partition coefficient (Wildman–Crippen LogP) is 0.767. The molecular weight excluding hydrogens is 214 g/mol. The number of carbonyl (C=O) groups is 2. The van der Waals surface area contributed by atoms with E-state index in [-0.39, 0.29) is 17.8 Å². The molecule has 0 unspecified atom stereocenters. The van der Waals surface area contributed by atoms with Crippen molar-refractivity contribution in [1.29, 1.82) is 0 Å². The molecule has 1 N–H and O–H groups in total. The van der Waals surface area contributed by atoms with Crippen LogP contribution in [0.3, 0.4) is 0 Å². The summed E-state index contributed by atoms with van der Waals surface area (Å²) >= 11 is 1.21. The van der Waals surface area contributed by atoms with Crippen LogP contribution in [0.15, 0.2) is 12.1 Å². The zero-order valence-corrected chi connectivity index (χ0v) is 9.08. The Bertz CT molecular complexity index is 407. The van der Waals surface area contributed by atoms with Gasteiger partial charge >= 0.3 is 0 Å². The van der Waals surface area contributed by atoms with Gasteiger partial charge in [0, 0.05) is 13.1 Å². The molecule has 0 atom stereocenters. The van der Waals surface area contributed by atoms with Crippen LogP contribution in [0, 0.1) is 0 Å². The molecule has 80 valence electrons. The summed E-state index contributed by atoms with van der Waals surface area (Å²) in [5.74, 6) is -0.125. The van der Waals surface area contributed by atoms with E-state index >= 15 is 0 Å². The van der Waals surface area contributed by atoms with E-state index in [2.05, 4.69) is 0 Å². The van der Waals surface area contributed by atoms with Crippen LogP contribution < -0.4 is 0 Å². The fraction of sp³-hybridized carbons (Fsp3) is 0.400. The first kappa shape index (κ1) is 10.3. The molecule has 5 heteroatoms. The molecule has 1 fully saturated rings. The Morgan fingerprint density at radius 2 is 2.00 bits per heavy atom. The summed E-state index contributed by atoms with van der Waals surface area (Å²) in [5, 5.41) is 9.06. The number of ketones is 1. The number of Topliss-reactive ketones (excluding diaryl/α,β-unsaturated/α-hetero) is 1. The van der Waals surface area contributed by atoms with Crippen molar-refractivity contribution >= 4 is 23.0 Å². The summed E-state index contributed by atoms with van der Waals surface area (Å²) in [4.78, 5) is 25.5. The molecule has 4 nitrogen and oxygen atoms in total. The number of aliphatic hydroxyl groups is 1. The second-order valence-corrected chi connectivity index (χ2v) is 4.67. The van der Waals surface area contributed by atoms with Gasteiger partial charge in [-0.1, -0.05) is 0 Å². The molecule has 0 radical (unpaired) electrons. The number of hydrogen-bond donors (Lipinski definition) is 1. The van der Waals surface area contributed by atoms with E-state index in [1.54, 1.807) is 17.0 Å². The Morgan fingerprint density at radius 1 is 1.40 bits per heavy atom. The average Bonchev–Trinajstić information content (AvgIpc) is 2.60. The summed E-state index contributed by atoms with van der Waals surface area (Å²) in [7, 11) is 0. The Hall–Kier alpha value is -1.20. The van der Waals surface area contributed by atoms with Crippen LogP contribution in [-0.2, 0) is 0 Å². The lowest BCUT2D eigenvalue weighted by atomic mass is 10.1. The standard InChI is InChI=1S/C10H11NO3S/c1-6(12)8-2-3-9(15-8)10(14)11-4-7(13)5-11/h2-3,7,13H,4-5H2,1H3. The molecule has 1 amide bonds. The Labute approximate surface area is 91.1 Å². The van der Waals surface area contributed by atoms with Gasteiger partial charge in [0.1, 0.15) is 0 Å². The Kier molecular flexibility index (Phi) is 2.58. The lowest BCUT2D eigenvalue weighted by Crippen LogP contribution is -2.53. The van der Waals surface area contributed by atoms with E-state index in [1.165, 1.54) is 18.3 Å². The van der Waals surface area contributed by atoms with E-state index in [1.807, 2.05) is 0 Å². The van der Waals surface area contributed by atoms with E-state index in [4.69, 9.17) is 5.11 Å². The minimum atomic E-state index is -0.388.